The normalized spacial score (nSPS) is 15.5. The number of carboxylic acids is 1. The molecule has 1 aliphatic heterocycles. The van der Waals surface area contributed by atoms with Crippen LogP contribution >= 0.6 is 11.6 Å². The van der Waals surface area contributed by atoms with Gasteiger partial charge in [-0.2, -0.15) is 0 Å². The topological polar surface area (TPSA) is 67.8 Å². The molecule has 1 aromatic carbocycles. The number of nitrogens with one attached hydrogen (secondary N) is 1. The zero-order valence-corrected chi connectivity index (χ0v) is 13.7. The van der Waals surface area contributed by atoms with Crippen LogP contribution in [0.15, 0.2) is 12.1 Å². The Balaban J connectivity index is 2.08. The first-order chi connectivity index (χ1) is 10.5. The van der Waals surface area contributed by atoms with Crippen molar-refractivity contribution in [2.24, 2.45) is 5.92 Å². The third-order valence-corrected chi connectivity index (χ3v) is 3.70. The van der Waals surface area contributed by atoms with Gasteiger partial charge in [0, 0.05) is 13.0 Å². The SMILES string of the molecule is CC(C)CC(NCc1cc(Cl)c2c(c1)OCCCO2)C(=O)O. The Morgan fingerprint density at radius 3 is 2.77 bits per heavy atom. The summed E-state index contributed by atoms with van der Waals surface area (Å²) >= 11 is 6.23. The van der Waals surface area contributed by atoms with Crippen molar-refractivity contribution >= 4 is 17.6 Å². The minimum Gasteiger partial charge on any atom is -0.489 e. The molecule has 122 valence electrons. The largest absolute Gasteiger partial charge is 0.489 e. The van der Waals surface area contributed by atoms with Crippen LogP contribution in [0.3, 0.4) is 0 Å². The number of ether oxygens (including phenoxy) is 2. The maximum absolute atomic E-state index is 11.3. The van der Waals surface area contributed by atoms with Gasteiger partial charge in [0.1, 0.15) is 6.04 Å². The van der Waals surface area contributed by atoms with E-state index in [0.29, 0.717) is 48.6 Å². The number of benzene rings is 1. The van der Waals surface area contributed by atoms with Gasteiger partial charge in [-0.1, -0.05) is 25.4 Å². The van der Waals surface area contributed by atoms with Crippen LogP contribution < -0.4 is 14.8 Å². The first-order valence-electron chi connectivity index (χ1n) is 7.51. The molecule has 0 saturated carbocycles. The van der Waals surface area contributed by atoms with Crippen LogP contribution in [0.1, 0.15) is 32.3 Å². The van der Waals surface area contributed by atoms with Crippen molar-refractivity contribution in [3.8, 4) is 11.5 Å². The first kappa shape index (κ1) is 16.9. The summed E-state index contributed by atoms with van der Waals surface area (Å²) in [5.74, 6) is 0.660. The van der Waals surface area contributed by atoms with Gasteiger partial charge in [-0.15, -0.1) is 0 Å². The molecule has 5 nitrogen and oxygen atoms in total. The molecule has 0 amide bonds. The molecule has 0 fully saturated rings. The quantitative estimate of drug-likeness (QED) is 0.840. The molecule has 1 aromatic rings. The number of carboxylic acid groups (broad SMARTS) is 1. The van der Waals surface area contributed by atoms with E-state index in [0.717, 1.165) is 12.0 Å². The summed E-state index contributed by atoms with van der Waals surface area (Å²) < 4.78 is 11.2. The van der Waals surface area contributed by atoms with E-state index in [4.69, 9.17) is 21.1 Å². The highest BCUT2D eigenvalue weighted by molar-refractivity contribution is 6.32. The molecule has 0 spiro atoms. The zero-order chi connectivity index (χ0) is 16.1. The van der Waals surface area contributed by atoms with Crippen LogP contribution in [-0.4, -0.2) is 30.3 Å². The Bertz CT molecular complexity index is 533. The third kappa shape index (κ3) is 4.52. The van der Waals surface area contributed by atoms with Gasteiger partial charge in [-0.05, 0) is 30.0 Å². The van der Waals surface area contributed by atoms with E-state index < -0.39 is 12.0 Å². The number of carbonyl (C=O) groups is 1. The van der Waals surface area contributed by atoms with Gasteiger partial charge in [0.2, 0.25) is 0 Å². The average Bonchev–Trinajstić information content (AvgIpc) is 2.68. The van der Waals surface area contributed by atoms with Crippen LogP contribution in [-0.2, 0) is 11.3 Å². The number of halogens is 1. The molecule has 6 heteroatoms. The molecule has 1 heterocycles. The van der Waals surface area contributed by atoms with Crippen molar-refractivity contribution in [2.75, 3.05) is 13.2 Å². The molecule has 0 saturated heterocycles. The smallest absolute Gasteiger partial charge is 0.320 e. The van der Waals surface area contributed by atoms with Gasteiger partial charge in [0.25, 0.3) is 0 Å². The van der Waals surface area contributed by atoms with Gasteiger partial charge in [0.05, 0.1) is 18.2 Å². The second kappa shape index (κ2) is 7.70. The molecule has 0 bridgehead atoms. The molecule has 2 rings (SSSR count). The van der Waals surface area contributed by atoms with Crippen LogP contribution in [0.5, 0.6) is 11.5 Å². The number of hydrogen-bond acceptors (Lipinski definition) is 4. The van der Waals surface area contributed by atoms with Gasteiger partial charge in [-0.3, -0.25) is 4.79 Å². The van der Waals surface area contributed by atoms with Gasteiger partial charge >= 0.3 is 5.97 Å². The van der Waals surface area contributed by atoms with Crippen molar-refractivity contribution in [2.45, 2.75) is 39.3 Å². The van der Waals surface area contributed by atoms with E-state index in [9.17, 15) is 9.90 Å². The minimum absolute atomic E-state index is 0.306. The summed E-state index contributed by atoms with van der Waals surface area (Å²) in [6.07, 6.45) is 1.39. The number of rotatable bonds is 6. The van der Waals surface area contributed by atoms with E-state index >= 15 is 0 Å². The highest BCUT2D eigenvalue weighted by Crippen LogP contribution is 2.37. The fourth-order valence-corrected chi connectivity index (χ4v) is 2.66. The van der Waals surface area contributed by atoms with E-state index in [-0.39, 0.29) is 0 Å². The predicted molar refractivity (Wildman–Crippen MR) is 84.8 cm³/mol. The van der Waals surface area contributed by atoms with Crippen molar-refractivity contribution in [1.82, 2.24) is 5.32 Å². The monoisotopic (exact) mass is 327 g/mol. The van der Waals surface area contributed by atoms with E-state index in [2.05, 4.69) is 5.32 Å². The molecule has 1 atom stereocenters. The standard InChI is InChI=1S/C16H22ClNO4/c1-10(2)6-13(16(19)20)18-9-11-7-12(17)15-14(8-11)21-4-3-5-22-15/h7-8,10,13,18H,3-6,9H2,1-2H3,(H,19,20). The molecule has 0 aromatic heterocycles. The Labute approximate surface area is 135 Å². The summed E-state index contributed by atoms with van der Waals surface area (Å²) in [4.78, 5) is 11.3. The van der Waals surface area contributed by atoms with Crippen molar-refractivity contribution < 1.29 is 19.4 Å². The number of fused-ring (bicyclic) bond motifs is 1. The number of aliphatic carboxylic acids is 1. The maximum atomic E-state index is 11.3. The van der Waals surface area contributed by atoms with E-state index in [1.807, 2.05) is 19.9 Å². The molecular formula is C16H22ClNO4. The van der Waals surface area contributed by atoms with Crippen LogP contribution in [0.2, 0.25) is 5.02 Å². The lowest BCUT2D eigenvalue weighted by Gasteiger charge is -2.17. The van der Waals surface area contributed by atoms with Gasteiger partial charge < -0.3 is 19.9 Å². The summed E-state index contributed by atoms with van der Waals surface area (Å²) in [6, 6.07) is 3.07. The van der Waals surface area contributed by atoms with Crippen LogP contribution in [0, 0.1) is 5.92 Å². The van der Waals surface area contributed by atoms with Gasteiger partial charge in [0.15, 0.2) is 11.5 Å². The lowest BCUT2D eigenvalue weighted by Crippen LogP contribution is -2.37. The fourth-order valence-electron chi connectivity index (χ4n) is 2.37. The molecular weight excluding hydrogens is 306 g/mol. The zero-order valence-electron chi connectivity index (χ0n) is 12.9. The molecule has 0 radical (unpaired) electrons. The van der Waals surface area contributed by atoms with Crippen molar-refractivity contribution in [3.05, 3.63) is 22.7 Å². The summed E-state index contributed by atoms with van der Waals surface area (Å²) in [7, 11) is 0. The van der Waals surface area contributed by atoms with E-state index in [1.165, 1.54) is 0 Å². The van der Waals surface area contributed by atoms with E-state index in [1.54, 1.807) is 6.07 Å². The lowest BCUT2D eigenvalue weighted by molar-refractivity contribution is -0.140. The summed E-state index contributed by atoms with van der Waals surface area (Å²) in [5, 5.41) is 12.8. The van der Waals surface area contributed by atoms with Crippen LogP contribution in [0.25, 0.3) is 0 Å². The molecule has 0 aliphatic carbocycles. The first-order valence-corrected chi connectivity index (χ1v) is 7.89. The Morgan fingerprint density at radius 1 is 1.36 bits per heavy atom. The lowest BCUT2D eigenvalue weighted by atomic mass is 10.0. The second-order valence-corrected chi connectivity index (χ2v) is 6.26. The summed E-state index contributed by atoms with van der Waals surface area (Å²) in [6.45, 7) is 5.59. The minimum atomic E-state index is -0.839. The Kier molecular flexibility index (Phi) is 5.91. The highest BCUT2D eigenvalue weighted by Gasteiger charge is 2.20. The van der Waals surface area contributed by atoms with Crippen molar-refractivity contribution in [3.63, 3.8) is 0 Å². The third-order valence-electron chi connectivity index (χ3n) is 3.42. The van der Waals surface area contributed by atoms with Gasteiger partial charge in [-0.25, -0.2) is 0 Å². The fraction of sp³-hybridized carbons (Fsp3) is 0.562. The number of hydrogen-bond donors (Lipinski definition) is 2. The second-order valence-electron chi connectivity index (χ2n) is 5.86. The average molecular weight is 328 g/mol. The molecule has 1 unspecified atom stereocenters. The maximum Gasteiger partial charge on any atom is 0.320 e. The summed E-state index contributed by atoms with van der Waals surface area (Å²) in [5.41, 5.74) is 0.879. The predicted octanol–water partition coefficient (Wildman–Crippen LogP) is 3.09. The molecule has 1 aliphatic rings. The van der Waals surface area contributed by atoms with Crippen molar-refractivity contribution in [1.29, 1.82) is 0 Å². The van der Waals surface area contributed by atoms with Crippen LogP contribution in [0.4, 0.5) is 0 Å². The molecule has 22 heavy (non-hydrogen) atoms. The highest BCUT2D eigenvalue weighted by atomic mass is 35.5. The molecule has 2 N–H and O–H groups in total. The Hall–Kier alpha value is -1.46. The Morgan fingerprint density at radius 2 is 2.09 bits per heavy atom.